The number of rotatable bonds is 4. The molecule has 1 saturated carbocycles. The number of hydrogen-bond donors (Lipinski definition) is 0. The van der Waals surface area contributed by atoms with Crippen molar-refractivity contribution in [1.29, 1.82) is 0 Å². The molecule has 1 fully saturated rings. The molecule has 0 N–H and O–H groups in total. The highest BCUT2D eigenvalue weighted by molar-refractivity contribution is 6.73. The van der Waals surface area contributed by atoms with Crippen molar-refractivity contribution in [1.82, 2.24) is 0 Å². The lowest BCUT2D eigenvalue weighted by atomic mass is 9.80. The van der Waals surface area contributed by atoms with E-state index in [0.717, 1.165) is 37.8 Å². The number of ether oxygens (including phenoxy) is 1. The van der Waals surface area contributed by atoms with Crippen LogP contribution in [0.25, 0.3) is 0 Å². The van der Waals surface area contributed by atoms with Crippen LogP contribution in [0.15, 0.2) is 18.2 Å². The minimum atomic E-state index is -5.31. The van der Waals surface area contributed by atoms with E-state index in [4.69, 9.17) is 4.74 Å². The molecule has 1 aromatic carbocycles. The SMILES string of the molecule is CCC1CCCC(Oc2ccc([B-](F)(F)F)c(F)c2)C1. The Kier molecular flexibility index (Phi) is 4.61. The summed E-state index contributed by atoms with van der Waals surface area (Å²) in [5.41, 5.74) is -1.19. The smallest absolute Gasteiger partial charge is 0.490 e. The second kappa shape index (κ2) is 6.06. The zero-order valence-electron chi connectivity index (χ0n) is 11.4. The molecule has 1 aliphatic rings. The molecule has 112 valence electrons. The van der Waals surface area contributed by atoms with Gasteiger partial charge >= 0.3 is 6.98 Å². The summed E-state index contributed by atoms with van der Waals surface area (Å²) in [6.45, 7) is -3.19. The van der Waals surface area contributed by atoms with Crippen molar-refractivity contribution in [2.75, 3.05) is 0 Å². The first-order chi connectivity index (χ1) is 9.40. The second-order valence-electron chi connectivity index (χ2n) is 5.44. The molecule has 2 rings (SSSR count). The van der Waals surface area contributed by atoms with Gasteiger partial charge in [0.05, 0.1) is 11.9 Å². The molecule has 1 aliphatic carbocycles. The topological polar surface area (TPSA) is 9.23 Å². The van der Waals surface area contributed by atoms with E-state index < -0.39 is 18.3 Å². The van der Waals surface area contributed by atoms with E-state index in [1.54, 1.807) is 0 Å². The predicted octanol–water partition coefficient (Wildman–Crippen LogP) is 4.23. The fraction of sp³-hybridized carbons (Fsp3) is 0.571. The molecule has 20 heavy (non-hydrogen) atoms. The van der Waals surface area contributed by atoms with E-state index in [0.29, 0.717) is 5.92 Å². The Hall–Kier alpha value is -1.20. The van der Waals surface area contributed by atoms with Gasteiger partial charge in [0.2, 0.25) is 0 Å². The van der Waals surface area contributed by atoms with Gasteiger partial charge in [-0.25, -0.2) is 4.39 Å². The van der Waals surface area contributed by atoms with Crippen LogP contribution in [-0.4, -0.2) is 13.1 Å². The summed E-state index contributed by atoms with van der Waals surface area (Å²) >= 11 is 0. The Labute approximate surface area is 116 Å². The highest BCUT2D eigenvalue weighted by Gasteiger charge is 2.29. The lowest BCUT2D eigenvalue weighted by Crippen LogP contribution is -2.36. The first kappa shape index (κ1) is 15.2. The van der Waals surface area contributed by atoms with Crippen LogP contribution in [0.2, 0.25) is 0 Å². The molecular formula is C14H18BF4O-. The normalized spacial score (nSPS) is 23.6. The lowest BCUT2D eigenvalue weighted by Gasteiger charge is -2.29. The van der Waals surface area contributed by atoms with E-state index in [-0.39, 0.29) is 11.9 Å². The fourth-order valence-electron chi connectivity index (χ4n) is 2.76. The Balaban J connectivity index is 2.05. The van der Waals surface area contributed by atoms with Crippen molar-refractivity contribution in [3.8, 4) is 5.75 Å². The Morgan fingerprint density at radius 2 is 2.00 bits per heavy atom. The van der Waals surface area contributed by atoms with Crippen LogP contribution in [-0.2, 0) is 0 Å². The zero-order valence-corrected chi connectivity index (χ0v) is 11.4. The fourth-order valence-corrected chi connectivity index (χ4v) is 2.76. The Bertz CT molecular complexity index is 461. The number of hydrogen-bond acceptors (Lipinski definition) is 1. The van der Waals surface area contributed by atoms with Gasteiger partial charge in [0.1, 0.15) is 5.75 Å². The van der Waals surface area contributed by atoms with Crippen LogP contribution in [0.4, 0.5) is 17.3 Å². The van der Waals surface area contributed by atoms with Gasteiger partial charge in [-0.1, -0.05) is 31.3 Å². The predicted molar refractivity (Wildman–Crippen MR) is 71.8 cm³/mol. The third-order valence-electron chi connectivity index (χ3n) is 3.94. The quantitative estimate of drug-likeness (QED) is 0.595. The molecule has 0 bridgehead atoms. The van der Waals surface area contributed by atoms with Crippen molar-refractivity contribution >= 4 is 12.4 Å². The van der Waals surface area contributed by atoms with Gasteiger partial charge in [0.25, 0.3) is 0 Å². The molecule has 0 aliphatic heterocycles. The second-order valence-corrected chi connectivity index (χ2v) is 5.44. The third-order valence-corrected chi connectivity index (χ3v) is 3.94. The maximum Gasteiger partial charge on any atom is 0.512 e. The monoisotopic (exact) mass is 289 g/mol. The Morgan fingerprint density at radius 3 is 2.60 bits per heavy atom. The summed E-state index contributed by atoms with van der Waals surface area (Å²) in [6.07, 6.45) is 5.04. The van der Waals surface area contributed by atoms with E-state index >= 15 is 0 Å². The van der Waals surface area contributed by atoms with Crippen LogP contribution in [0.5, 0.6) is 5.75 Å². The van der Waals surface area contributed by atoms with Crippen molar-refractivity contribution < 1.29 is 22.1 Å². The van der Waals surface area contributed by atoms with Gasteiger partial charge < -0.3 is 17.7 Å². The van der Waals surface area contributed by atoms with Crippen molar-refractivity contribution in [3.05, 3.63) is 24.0 Å². The zero-order chi connectivity index (χ0) is 14.8. The third kappa shape index (κ3) is 3.67. The molecule has 2 unspecified atom stereocenters. The molecule has 6 heteroatoms. The molecule has 0 heterocycles. The first-order valence-corrected chi connectivity index (χ1v) is 7.06. The van der Waals surface area contributed by atoms with Crippen LogP contribution in [0, 0.1) is 11.7 Å². The van der Waals surface area contributed by atoms with E-state index in [2.05, 4.69) is 6.92 Å². The van der Waals surface area contributed by atoms with Crippen LogP contribution >= 0.6 is 0 Å². The summed E-state index contributed by atoms with van der Waals surface area (Å²) < 4.78 is 56.6. The maximum atomic E-state index is 13.5. The first-order valence-electron chi connectivity index (χ1n) is 7.06. The molecule has 2 atom stereocenters. The molecular weight excluding hydrogens is 271 g/mol. The molecule has 0 aromatic heterocycles. The van der Waals surface area contributed by atoms with Gasteiger partial charge in [-0.15, -0.1) is 0 Å². The van der Waals surface area contributed by atoms with Crippen molar-refractivity contribution in [2.45, 2.75) is 45.1 Å². The van der Waals surface area contributed by atoms with Gasteiger partial charge in [-0.3, -0.25) is 0 Å². The van der Waals surface area contributed by atoms with Gasteiger partial charge in [-0.2, -0.15) is 0 Å². The van der Waals surface area contributed by atoms with Crippen LogP contribution in [0.3, 0.4) is 0 Å². The van der Waals surface area contributed by atoms with Gasteiger partial charge in [-0.05, 0) is 31.2 Å². The summed E-state index contributed by atoms with van der Waals surface area (Å²) in [6, 6.07) is 2.83. The van der Waals surface area contributed by atoms with E-state index in [1.165, 1.54) is 12.5 Å². The number of benzene rings is 1. The minimum absolute atomic E-state index is 0.0182. The summed E-state index contributed by atoms with van der Waals surface area (Å²) in [7, 11) is 0. The highest BCUT2D eigenvalue weighted by atomic mass is 19.4. The van der Waals surface area contributed by atoms with Crippen molar-refractivity contribution in [3.63, 3.8) is 0 Å². The summed E-state index contributed by atoms with van der Waals surface area (Å²) in [4.78, 5) is 0. The van der Waals surface area contributed by atoms with Gasteiger partial charge in [0, 0.05) is 6.07 Å². The standard InChI is InChI=1S/C14H18BF4O/c1-2-10-4-3-5-11(8-10)20-12-6-7-13(14(16)9-12)15(17,18)19/h6-7,9-11H,2-5,8H2,1H3/q-1. The van der Waals surface area contributed by atoms with Crippen molar-refractivity contribution in [2.24, 2.45) is 5.92 Å². The summed E-state index contributed by atoms with van der Waals surface area (Å²) in [5, 5.41) is 0. The summed E-state index contributed by atoms with van der Waals surface area (Å²) in [5.74, 6) is -0.470. The molecule has 0 radical (unpaired) electrons. The molecule has 1 nitrogen and oxygen atoms in total. The van der Waals surface area contributed by atoms with Crippen LogP contribution < -0.4 is 10.2 Å². The lowest BCUT2D eigenvalue weighted by molar-refractivity contribution is 0.121. The molecule has 0 spiro atoms. The average molecular weight is 289 g/mol. The molecule has 0 saturated heterocycles. The molecule has 1 aromatic rings. The maximum absolute atomic E-state index is 13.5. The van der Waals surface area contributed by atoms with E-state index in [1.807, 2.05) is 0 Å². The van der Waals surface area contributed by atoms with Gasteiger partial charge in [0.15, 0.2) is 0 Å². The largest absolute Gasteiger partial charge is 0.512 e. The number of halogens is 4. The van der Waals surface area contributed by atoms with E-state index in [9.17, 15) is 17.3 Å². The Morgan fingerprint density at radius 1 is 1.25 bits per heavy atom. The highest BCUT2D eigenvalue weighted by Crippen LogP contribution is 2.29. The molecule has 0 amide bonds. The average Bonchev–Trinajstić information content (AvgIpc) is 2.37. The minimum Gasteiger partial charge on any atom is -0.490 e. The van der Waals surface area contributed by atoms with Crippen LogP contribution in [0.1, 0.15) is 39.0 Å².